The molecular formula is C15H15N5O2S. The van der Waals surface area contributed by atoms with Gasteiger partial charge in [-0.1, -0.05) is 12.1 Å². The predicted octanol–water partition coefficient (Wildman–Crippen LogP) is 2.51. The van der Waals surface area contributed by atoms with Crippen LogP contribution in [0.15, 0.2) is 36.0 Å². The van der Waals surface area contributed by atoms with Crippen LogP contribution in [0.5, 0.6) is 5.75 Å². The van der Waals surface area contributed by atoms with Crippen LogP contribution in [0.3, 0.4) is 0 Å². The van der Waals surface area contributed by atoms with E-state index in [1.807, 2.05) is 36.6 Å². The average Bonchev–Trinajstić information content (AvgIpc) is 3.20. The molecule has 0 radical (unpaired) electrons. The molecule has 23 heavy (non-hydrogen) atoms. The number of aromatic amines is 1. The molecular weight excluding hydrogens is 314 g/mol. The lowest BCUT2D eigenvalue weighted by Crippen LogP contribution is -2.15. The molecule has 3 rings (SSSR count). The topological polar surface area (TPSA) is 92.8 Å². The second kappa shape index (κ2) is 7.01. The van der Waals surface area contributed by atoms with Crippen molar-refractivity contribution in [1.29, 1.82) is 0 Å². The van der Waals surface area contributed by atoms with Gasteiger partial charge in [-0.2, -0.15) is 10.1 Å². The zero-order chi connectivity index (χ0) is 16.1. The van der Waals surface area contributed by atoms with Crippen molar-refractivity contribution in [2.45, 2.75) is 13.3 Å². The first-order valence-corrected chi connectivity index (χ1v) is 7.96. The van der Waals surface area contributed by atoms with Gasteiger partial charge in [0.2, 0.25) is 11.9 Å². The summed E-state index contributed by atoms with van der Waals surface area (Å²) in [6.45, 7) is 2.53. The molecule has 1 aromatic carbocycles. The summed E-state index contributed by atoms with van der Waals surface area (Å²) in [6, 6.07) is 7.74. The summed E-state index contributed by atoms with van der Waals surface area (Å²) in [4.78, 5) is 20.3. The van der Waals surface area contributed by atoms with Gasteiger partial charge in [0.15, 0.2) is 0 Å². The number of benzene rings is 1. The molecule has 2 heterocycles. The normalized spacial score (nSPS) is 10.5. The predicted molar refractivity (Wildman–Crippen MR) is 87.4 cm³/mol. The minimum atomic E-state index is -0.198. The van der Waals surface area contributed by atoms with Crippen LogP contribution in [-0.2, 0) is 11.2 Å². The molecule has 0 atom stereocenters. The van der Waals surface area contributed by atoms with E-state index in [1.165, 1.54) is 17.7 Å². The van der Waals surface area contributed by atoms with E-state index in [9.17, 15) is 4.79 Å². The van der Waals surface area contributed by atoms with Gasteiger partial charge in [0.1, 0.15) is 17.1 Å². The van der Waals surface area contributed by atoms with Crippen molar-refractivity contribution in [3.8, 4) is 16.3 Å². The molecule has 2 N–H and O–H groups in total. The van der Waals surface area contributed by atoms with E-state index in [2.05, 4.69) is 25.5 Å². The first-order chi connectivity index (χ1) is 11.3. The first-order valence-electron chi connectivity index (χ1n) is 7.08. The maximum atomic E-state index is 11.9. The molecule has 0 saturated carbocycles. The standard InChI is InChI=1S/C15H15N5O2S/c1-2-22-12-6-4-3-5-11(12)14-18-10(8-23-14)7-13(21)19-15-16-9-17-20-15/h3-6,8-9H,2,7H2,1H3,(H2,16,17,19,20,21). The van der Waals surface area contributed by atoms with Gasteiger partial charge in [0.05, 0.1) is 24.3 Å². The minimum absolute atomic E-state index is 0.175. The quantitative estimate of drug-likeness (QED) is 0.725. The Kier molecular flexibility index (Phi) is 4.62. The number of thiazole rings is 1. The average molecular weight is 329 g/mol. The lowest BCUT2D eigenvalue weighted by molar-refractivity contribution is -0.115. The third-order valence-electron chi connectivity index (χ3n) is 2.98. The van der Waals surface area contributed by atoms with E-state index in [1.54, 1.807) is 0 Å². The molecule has 0 aliphatic carbocycles. The van der Waals surface area contributed by atoms with E-state index in [0.29, 0.717) is 18.2 Å². The van der Waals surface area contributed by atoms with Crippen molar-refractivity contribution in [3.05, 3.63) is 41.7 Å². The number of carbonyl (C=O) groups is 1. The highest BCUT2D eigenvalue weighted by Crippen LogP contribution is 2.32. The Morgan fingerprint density at radius 2 is 2.26 bits per heavy atom. The van der Waals surface area contributed by atoms with Crippen LogP contribution < -0.4 is 10.1 Å². The SMILES string of the molecule is CCOc1ccccc1-c1nc(CC(=O)Nc2ncn[nH]2)cs1. The number of nitrogens with zero attached hydrogens (tertiary/aromatic N) is 3. The lowest BCUT2D eigenvalue weighted by Gasteiger charge is -2.07. The van der Waals surface area contributed by atoms with Gasteiger partial charge in [0, 0.05) is 5.38 Å². The number of H-pyrrole nitrogens is 1. The number of rotatable bonds is 6. The second-order valence-corrected chi connectivity index (χ2v) is 5.49. The van der Waals surface area contributed by atoms with Crippen molar-refractivity contribution in [1.82, 2.24) is 20.2 Å². The Morgan fingerprint density at radius 3 is 3.04 bits per heavy atom. The number of hydrogen-bond donors (Lipinski definition) is 2. The highest BCUT2D eigenvalue weighted by Gasteiger charge is 2.13. The number of carbonyl (C=O) groups excluding carboxylic acids is 1. The number of nitrogens with one attached hydrogen (secondary N) is 2. The molecule has 0 fully saturated rings. The third-order valence-corrected chi connectivity index (χ3v) is 3.91. The molecule has 8 heteroatoms. The molecule has 118 valence electrons. The van der Waals surface area contributed by atoms with E-state index < -0.39 is 0 Å². The fraction of sp³-hybridized carbons (Fsp3) is 0.200. The summed E-state index contributed by atoms with van der Waals surface area (Å²) in [5.41, 5.74) is 1.63. The maximum absolute atomic E-state index is 11.9. The van der Waals surface area contributed by atoms with Crippen LogP contribution in [0.2, 0.25) is 0 Å². The molecule has 3 aromatic rings. The van der Waals surface area contributed by atoms with Crippen molar-refractivity contribution in [3.63, 3.8) is 0 Å². The van der Waals surface area contributed by atoms with Gasteiger partial charge < -0.3 is 4.74 Å². The van der Waals surface area contributed by atoms with Crippen molar-refractivity contribution in [2.75, 3.05) is 11.9 Å². The Bertz CT molecular complexity index is 785. The van der Waals surface area contributed by atoms with Gasteiger partial charge in [-0.05, 0) is 19.1 Å². The van der Waals surface area contributed by atoms with E-state index >= 15 is 0 Å². The summed E-state index contributed by atoms with van der Waals surface area (Å²) in [5, 5.41) is 11.6. The van der Waals surface area contributed by atoms with Gasteiger partial charge in [0.25, 0.3) is 0 Å². The van der Waals surface area contributed by atoms with Crippen LogP contribution >= 0.6 is 11.3 Å². The van der Waals surface area contributed by atoms with Gasteiger partial charge >= 0.3 is 0 Å². The zero-order valence-corrected chi connectivity index (χ0v) is 13.3. The van der Waals surface area contributed by atoms with Crippen LogP contribution in [0.4, 0.5) is 5.95 Å². The number of anilines is 1. The Hall–Kier alpha value is -2.74. The Balaban J connectivity index is 1.72. The molecule has 0 bridgehead atoms. The van der Waals surface area contributed by atoms with E-state index in [-0.39, 0.29) is 12.3 Å². The number of ether oxygens (including phenoxy) is 1. The Labute approximate surface area is 136 Å². The van der Waals surface area contributed by atoms with Crippen molar-refractivity contribution in [2.24, 2.45) is 0 Å². The van der Waals surface area contributed by atoms with E-state index in [4.69, 9.17) is 4.74 Å². The highest BCUT2D eigenvalue weighted by molar-refractivity contribution is 7.13. The molecule has 1 amide bonds. The molecule has 0 aliphatic heterocycles. The van der Waals surface area contributed by atoms with Crippen molar-refractivity contribution < 1.29 is 9.53 Å². The molecule has 2 aromatic heterocycles. The highest BCUT2D eigenvalue weighted by atomic mass is 32.1. The van der Waals surface area contributed by atoms with Crippen molar-refractivity contribution >= 4 is 23.2 Å². The Morgan fingerprint density at radius 1 is 1.39 bits per heavy atom. The lowest BCUT2D eigenvalue weighted by atomic mass is 10.2. The third kappa shape index (κ3) is 3.72. The monoisotopic (exact) mass is 329 g/mol. The van der Waals surface area contributed by atoms with Crippen LogP contribution in [-0.4, -0.2) is 32.7 Å². The fourth-order valence-electron chi connectivity index (χ4n) is 2.04. The van der Waals surface area contributed by atoms with E-state index in [0.717, 1.165) is 16.3 Å². The summed E-state index contributed by atoms with van der Waals surface area (Å²) in [7, 11) is 0. The fourth-order valence-corrected chi connectivity index (χ4v) is 2.89. The number of amides is 1. The second-order valence-electron chi connectivity index (χ2n) is 4.63. The maximum Gasteiger partial charge on any atom is 0.232 e. The van der Waals surface area contributed by atoms with Crippen LogP contribution in [0, 0.1) is 0 Å². The molecule has 0 saturated heterocycles. The van der Waals surface area contributed by atoms with Gasteiger partial charge in [-0.25, -0.2) is 10.1 Å². The molecule has 7 nitrogen and oxygen atoms in total. The summed E-state index contributed by atoms with van der Waals surface area (Å²) in [6.07, 6.45) is 1.51. The summed E-state index contributed by atoms with van der Waals surface area (Å²) >= 11 is 1.49. The number of aromatic nitrogens is 4. The first kappa shape index (κ1) is 15.2. The summed E-state index contributed by atoms with van der Waals surface area (Å²) < 4.78 is 5.62. The smallest absolute Gasteiger partial charge is 0.232 e. The van der Waals surface area contributed by atoms with Crippen LogP contribution in [0.1, 0.15) is 12.6 Å². The molecule has 0 unspecified atom stereocenters. The minimum Gasteiger partial charge on any atom is -0.493 e. The van der Waals surface area contributed by atoms with Gasteiger partial charge in [-0.3, -0.25) is 10.1 Å². The number of para-hydroxylation sites is 1. The zero-order valence-electron chi connectivity index (χ0n) is 12.4. The van der Waals surface area contributed by atoms with Crippen LogP contribution in [0.25, 0.3) is 10.6 Å². The molecule has 0 aliphatic rings. The largest absolute Gasteiger partial charge is 0.493 e. The summed E-state index contributed by atoms with van der Waals surface area (Å²) in [5.74, 6) is 0.922. The van der Waals surface area contributed by atoms with Gasteiger partial charge in [-0.15, -0.1) is 11.3 Å². The number of hydrogen-bond acceptors (Lipinski definition) is 6. The molecule has 0 spiro atoms.